The maximum atomic E-state index is 5.54. The third kappa shape index (κ3) is 5.13. The van der Waals surface area contributed by atoms with Crippen molar-refractivity contribution in [3.05, 3.63) is 17.0 Å². The summed E-state index contributed by atoms with van der Waals surface area (Å²) in [7, 11) is 0. The molecule has 3 heterocycles. The second-order valence-electron chi connectivity index (χ2n) is 5.49. The third-order valence-corrected chi connectivity index (χ3v) is 5.12. The molecule has 126 valence electrons. The van der Waals surface area contributed by atoms with Crippen LogP contribution in [-0.2, 0) is 9.47 Å². The van der Waals surface area contributed by atoms with Crippen LogP contribution in [0.4, 0.5) is 5.00 Å². The normalized spacial score (nSPS) is 21.7. The fourth-order valence-electron chi connectivity index (χ4n) is 2.57. The Kier molecular flexibility index (Phi) is 6.21. The Morgan fingerprint density at radius 1 is 1.39 bits per heavy atom. The lowest BCUT2D eigenvalue weighted by Gasteiger charge is -2.27. The van der Waals surface area contributed by atoms with Crippen LogP contribution in [0.2, 0.25) is 0 Å². The lowest BCUT2D eigenvalue weighted by molar-refractivity contribution is 0.114. The number of nitrogens with zero attached hydrogens (tertiary/aromatic N) is 2. The van der Waals surface area contributed by atoms with Crippen LogP contribution in [0.25, 0.3) is 0 Å². The number of nitrogens with one attached hydrogen (secondary N) is 2. The van der Waals surface area contributed by atoms with Crippen molar-refractivity contribution in [2.24, 2.45) is 5.10 Å². The Morgan fingerprint density at radius 2 is 2.26 bits per heavy atom. The van der Waals surface area contributed by atoms with Crippen molar-refractivity contribution in [1.82, 2.24) is 10.7 Å². The topological polar surface area (TPSA) is 58.1 Å². The number of anilines is 1. The lowest BCUT2D eigenvalue weighted by Crippen LogP contribution is -2.37. The fourth-order valence-corrected chi connectivity index (χ4v) is 3.64. The summed E-state index contributed by atoms with van der Waals surface area (Å²) in [5.74, 6) is 0. The number of hydrogen-bond donors (Lipinski definition) is 2. The monoisotopic (exact) mass is 354 g/mol. The molecule has 2 fully saturated rings. The maximum absolute atomic E-state index is 5.54. The molecule has 1 aromatic heterocycles. The van der Waals surface area contributed by atoms with Gasteiger partial charge in [0, 0.05) is 31.1 Å². The summed E-state index contributed by atoms with van der Waals surface area (Å²) < 4.78 is 10.9. The highest BCUT2D eigenvalue weighted by Gasteiger charge is 2.15. The Bertz CT molecular complexity index is 537. The van der Waals surface area contributed by atoms with E-state index in [9.17, 15) is 0 Å². The molecular weight excluding hydrogens is 332 g/mol. The molecule has 8 heteroatoms. The molecule has 6 nitrogen and oxygen atoms in total. The van der Waals surface area contributed by atoms with Crippen molar-refractivity contribution in [2.75, 3.05) is 44.4 Å². The zero-order chi connectivity index (χ0) is 15.9. The average molecular weight is 355 g/mol. The summed E-state index contributed by atoms with van der Waals surface area (Å²) in [6.45, 7) is 5.09. The van der Waals surface area contributed by atoms with Gasteiger partial charge in [-0.25, -0.2) is 0 Å². The van der Waals surface area contributed by atoms with Crippen molar-refractivity contribution in [2.45, 2.75) is 18.9 Å². The first kappa shape index (κ1) is 16.6. The number of hydrogen-bond acceptors (Lipinski definition) is 6. The van der Waals surface area contributed by atoms with Crippen molar-refractivity contribution >= 4 is 39.9 Å². The highest BCUT2D eigenvalue weighted by Crippen LogP contribution is 2.25. The molecule has 1 atom stereocenters. The number of thiophene rings is 1. The second kappa shape index (κ2) is 8.58. The van der Waals surface area contributed by atoms with Crippen LogP contribution in [0.5, 0.6) is 0 Å². The molecule has 0 amide bonds. The van der Waals surface area contributed by atoms with Crippen molar-refractivity contribution in [1.29, 1.82) is 0 Å². The zero-order valence-electron chi connectivity index (χ0n) is 13.0. The second-order valence-corrected chi connectivity index (χ2v) is 6.99. The van der Waals surface area contributed by atoms with E-state index < -0.39 is 0 Å². The number of thiocarbonyl (C=S) groups is 1. The molecule has 2 N–H and O–H groups in total. The van der Waals surface area contributed by atoms with Gasteiger partial charge in [-0.2, -0.15) is 5.10 Å². The number of ether oxygens (including phenoxy) is 2. The van der Waals surface area contributed by atoms with Gasteiger partial charge in [-0.05, 0) is 37.2 Å². The molecule has 0 unspecified atom stereocenters. The Balaban J connectivity index is 1.40. The Morgan fingerprint density at radius 3 is 3.04 bits per heavy atom. The standard InChI is InChI=1S/C15H22N4O2S2/c22-15(16-10-12-2-1-7-21-12)18-17-11-13-3-4-14(23-13)19-5-8-20-9-6-19/h3-4,11-12H,1-2,5-10H2,(H2,16,18,22)/b17-11-/t12-/m0/s1. The molecule has 23 heavy (non-hydrogen) atoms. The Labute approximate surface area is 145 Å². The first-order chi connectivity index (χ1) is 11.3. The fraction of sp³-hybridized carbons (Fsp3) is 0.600. The molecular formula is C15H22N4O2S2. The molecule has 2 aliphatic heterocycles. The molecule has 0 aliphatic carbocycles. The van der Waals surface area contributed by atoms with Crippen molar-refractivity contribution in [3.8, 4) is 0 Å². The van der Waals surface area contributed by atoms with E-state index in [1.807, 2.05) is 0 Å². The number of morpholine rings is 1. The molecule has 0 saturated carbocycles. The largest absolute Gasteiger partial charge is 0.378 e. The van der Waals surface area contributed by atoms with E-state index in [1.54, 1.807) is 17.6 Å². The van der Waals surface area contributed by atoms with Gasteiger partial charge in [-0.1, -0.05) is 0 Å². The first-order valence-electron chi connectivity index (χ1n) is 7.92. The van der Waals surface area contributed by atoms with Gasteiger partial charge in [-0.15, -0.1) is 11.3 Å². The van der Waals surface area contributed by atoms with Gasteiger partial charge in [0.1, 0.15) is 0 Å². The van der Waals surface area contributed by atoms with E-state index in [0.717, 1.165) is 57.2 Å². The molecule has 2 saturated heterocycles. The summed E-state index contributed by atoms with van der Waals surface area (Å²) in [4.78, 5) is 3.44. The van der Waals surface area contributed by atoms with E-state index in [0.29, 0.717) is 5.11 Å². The van der Waals surface area contributed by atoms with Crippen molar-refractivity contribution in [3.63, 3.8) is 0 Å². The summed E-state index contributed by atoms with van der Waals surface area (Å²) in [6.07, 6.45) is 4.30. The van der Waals surface area contributed by atoms with Crippen LogP contribution in [0.1, 0.15) is 17.7 Å². The van der Waals surface area contributed by atoms with Gasteiger partial charge in [-0.3, -0.25) is 5.43 Å². The number of rotatable bonds is 5. The maximum Gasteiger partial charge on any atom is 0.187 e. The average Bonchev–Trinajstić information content (AvgIpc) is 3.26. The Hall–Kier alpha value is -1.22. The van der Waals surface area contributed by atoms with Gasteiger partial charge >= 0.3 is 0 Å². The van der Waals surface area contributed by atoms with E-state index in [2.05, 4.69) is 32.9 Å². The molecule has 3 rings (SSSR count). The van der Waals surface area contributed by atoms with Gasteiger partial charge in [0.05, 0.1) is 30.5 Å². The first-order valence-corrected chi connectivity index (χ1v) is 9.15. The summed E-state index contributed by atoms with van der Waals surface area (Å²) in [5.41, 5.74) is 2.85. The summed E-state index contributed by atoms with van der Waals surface area (Å²) >= 11 is 6.92. The highest BCUT2D eigenvalue weighted by atomic mass is 32.1. The van der Waals surface area contributed by atoms with E-state index in [1.165, 1.54) is 5.00 Å². The molecule has 0 radical (unpaired) electrons. The van der Waals surface area contributed by atoms with Crippen LogP contribution in [0, 0.1) is 0 Å². The molecule has 0 aromatic carbocycles. The van der Waals surface area contributed by atoms with E-state index in [4.69, 9.17) is 21.7 Å². The third-order valence-electron chi connectivity index (χ3n) is 3.81. The van der Waals surface area contributed by atoms with E-state index in [-0.39, 0.29) is 6.10 Å². The number of hydrazone groups is 1. The quantitative estimate of drug-likeness (QED) is 0.475. The summed E-state index contributed by atoms with van der Waals surface area (Å²) in [5, 5.41) is 9.11. The lowest BCUT2D eigenvalue weighted by atomic mass is 10.2. The van der Waals surface area contributed by atoms with Crippen LogP contribution in [0.15, 0.2) is 17.2 Å². The van der Waals surface area contributed by atoms with Gasteiger partial charge in [0.15, 0.2) is 5.11 Å². The molecule has 2 aliphatic rings. The SMILES string of the molecule is S=C(NC[C@@H]1CCCO1)N/N=C\c1ccc(N2CCOCC2)s1. The van der Waals surface area contributed by atoms with Gasteiger partial charge in [0.2, 0.25) is 0 Å². The zero-order valence-corrected chi connectivity index (χ0v) is 14.6. The predicted molar refractivity (Wildman–Crippen MR) is 97.7 cm³/mol. The van der Waals surface area contributed by atoms with E-state index >= 15 is 0 Å². The minimum atomic E-state index is 0.270. The summed E-state index contributed by atoms with van der Waals surface area (Å²) in [6, 6.07) is 4.20. The smallest absolute Gasteiger partial charge is 0.187 e. The minimum Gasteiger partial charge on any atom is -0.378 e. The molecule has 0 bridgehead atoms. The highest BCUT2D eigenvalue weighted by molar-refractivity contribution is 7.80. The van der Waals surface area contributed by atoms with Crippen molar-refractivity contribution < 1.29 is 9.47 Å². The van der Waals surface area contributed by atoms with Gasteiger partial charge in [0.25, 0.3) is 0 Å². The molecule has 1 aromatic rings. The van der Waals surface area contributed by atoms with Crippen LogP contribution in [0.3, 0.4) is 0 Å². The molecule has 0 spiro atoms. The van der Waals surface area contributed by atoms with Crippen LogP contribution in [-0.4, -0.2) is 56.9 Å². The van der Waals surface area contributed by atoms with Gasteiger partial charge < -0.3 is 19.7 Å². The predicted octanol–water partition coefficient (Wildman–Crippen LogP) is 1.56. The minimum absolute atomic E-state index is 0.270. The van der Waals surface area contributed by atoms with Crippen LogP contribution >= 0.6 is 23.6 Å². The van der Waals surface area contributed by atoms with Crippen LogP contribution < -0.4 is 15.6 Å².